The first kappa shape index (κ1) is 14.8. The fourth-order valence-electron chi connectivity index (χ4n) is 1.49. The molecule has 1 amide bonds. The highest BCUT2D eigenvalue weighted by atomic mass is 35.5. The highest BCUT2D eigenvalue weighted by Gasteiger charge is 2.23. The average Bonchev–Trinajstić information content (AvgIpc) is 2.26. The van der Waals surface area contributed by atoms with Crippen LogP contribution in [0.3, 0.4) is 0 Å². The van der Waals surface area contributed by atoms with E-state index in [4.69, 9.17) is 28.3 Å². The van der Waals surface area contributed by atoms with Crippen molar-refractivity contribution in [3.05, 3.63) is 33.8 Å². The Balaban J connectivity index is 2.97. The molecule has 4 nitrogen and oxygen atoms in total. The van der Waals surface area contributed by atoms with E-state index in [0.29, 0.717) is 15.6 Å². The highest BCUT2D eigenvalue weighted by molar-refractivity contribution is 6.35. The van der Waals surface area contributed by atoms with Crippen LogP contribution in [0.25, 0.3) is 0 Å². The summed E-state index contributed by atoms with van der Waals surface area (Å²) in [4.78, 5) is 23.6. The number of aliphatic carboxylic acids is 1. The Labute approximate surface area is 115 Å². The van der Waals surface area contributed by atoms with Crippen molar-refractivity contribution >= 4 is 35.1 Å². The maximum Gasteiger partial charge on any atom is 0.326 e. The molecule has 18 heavy (non-hydrogen) atoms. The lowest BCUT2D eigenvalue weighted by Crippen LogP contribution is -2.41. The van der Waals surface area contributed by atoms with Crippen LogP contribution < -0.4 is 0 Å². The van der Waals surface area contributed by atoms with Crippen LogP contribution in [0.2, 0.25) is 10.0 Å². The standard InChI is InChI=1S/C12H13Cl2NO3/c1-7(12(17)18)15(8(2)16)6-9-3-4-10(13)5-11(9)14/h3-5,7H,6H2,1-2H3,(H,17,18). The second kappa shape index (κ2) is 6.07. The molecular formula is C12H13Cl2NO3. The minimum Gasteiger partial charge on any atom is -0.480 e. The molecule has 98 valence electrons. The number of carbonyl (C=O) groups is 2. The third-order valence-electron chi connectivity index (χ3n) is 2.59. The van der Waals surface area contributed by atoms with Gasteiger partial charge in [0.2, 0.25) is 5.91 Å². The number of carboxylic acids is 1. The van der Waals surface area contributed by atoms with Gasteiger partial charge in [0, 0.05) is 23.5 Å². The van der Waals surface area contributed by atoms with Crippen molar-refractivity contribution < 1.29 is 14.7 Å². The fourth-order valence-corrected chi connectivity index (χ4v) is 1.96. The molecule has 0 radical (unpaired) electrons. The van der Waals surface area contributed by atoms with Gasteiger partial charge < -0.3 is 10.0 Å². The Morgan fingerprint density at radius 2 is 2.00 bits per heavy atom. The molecule has 1 unspecified atom stereocenters. The Morgan fingerprint density at radius 3 is 2.44 bits per heavy atom. The van der Waals surface area contributed by atoms with Gasteiger partial charge in [-0.05, 0) is 24.6 Å². The average molecular weight is 290 g/mol. The van der Waals surface area contributed by atoms with Gasteiger partial charge in [0.15, 0.2) is 0 Å². The molecule has 0 aliphatic heterocycles. The molecule has 0 bridgehead atoms. The molecule has 1 atom stereocenters. The summed E-state index contributed by atoms with van der Waals surface area (Å²) >= 11 is 11.8. The zero-order valence-electron chi connectivity index (χ0n) is 9.98. The monoisotopic (exact) mass is 289 g/mol. The Kier molecular flexibility index (Phi) is 4.99. The molecular weight excluding hydrogens is 277 g/mol. The second-order valence-electron chi connectivity index (χ2n) is 3.90. The van der Waals surface area contributed by atoms with E-state index in [2.05, 4.69) is 0 Å². The van der Waals surface area contributed by atoms with Crippen molar-refractivity contribution in [2.45, 2.75) is 26.4 Å². The van der Waals surface area contributed by atoms with E-state index in [0.717, 1.165) is 0 Å². The van der Waals surface area contributed by atoms with Crippen molar-refractivity contribution in [2.75, 3.05) is 0 Å². The van der Waals surface area contributed by atoms with Crippen molar-refractivity contribution in [1.29, 1.82) is 0 Å². The summed E-state index contributed by atoms with van der Waals surface area (Å²) in [6.45, 7) is 2.91. The van der Waals surface area contributed by atoms with Crippen molar-refractivity contribution in [3.8, 4) is 0 Å². The lowest BCUT2D eigenvalue weighted by Gasteiger charge is -2.25. The molecule has 0 saturated heterocycles. The molecule has 0 fully saturated rings. The van der Waals surface area contributed by atoms with Crippen molar-refractivity contribution in [2.24, 2.45) is 0 Å². The largest absolute Gasteiger partial charge is 0.480 e. The summed E-state index contributed by atoms with van der Waals surface area (Å²) in [6, 6.07) is 3.97. The minimum absolute atomic E-state index is 0.138. The Bertz CT molecular complexity index is 476. The minimum atomic E-state index is -1.06. The van der Waals surface area contributed by atoms with E-state index >= 15 is 0 Å². The van der Waals surface area contributed by atoms with Crippen LogP contribution in [0.1, 0.15) is 19.4 Å². The number of nitrogens with zero attached hydrogens (tertiary/aromatic N) is 1. The van der Waals surface area contributed by atoms with Gasteiger partial charge >= 0.3 is 5.97 Å². The lowest BCUT2D eigenvalue weighted by molar-refractivity contribution is -0.149. The normalized spacial score (nSPS) is 12.0. The van der Waals surface area contributed by atoms with Gasteiger partial charge in [-0.25, -0.2) is 4.79 Å². The van der Waals surface area contributed by atoms with Crippen molar-refractivity contribution in [3.63, 3.8) is 0 Å². The van der Waals surface area contributed by atoms with Gasteiger partial charge in [-0.2, -0.15) is 0 Å². The molecule has 1 aromatic rings. The smallest absolute Gasteiger partial charge is 0.326 e. The number of carbonyl (C=O) groups excluding carboxylic acids is 1. The van der Waals surface area contributed by atoms with Gasteiger partial charge in [0.05, 0.1) is 0 Å². The van der Waals surface area contributed by atoms with Crippen LogP contribution in [0.5, 0.6) is 0 Å². The molecule has 1 rings (SSSR count). The van der Waals surface area contributed by atoms with E-state index in [9.17, 15) is 9.59 Å². The maximum atomic E-state index is 11.5. The van der Waals surface area contributed by atoms with Crippen LogP contribution >= 0.6 is 23.2 Å². The van der Waals surface area contributed by atoms with Gasteiger partial charge in [-0.1, -0.05) is 29.3 Å². The van der Waals surface area contributed by atoms with Gasteiger partial charge in [-0.15, -0.1) is 0 Å². The zero-order valence-corrected chi connectivity index (χ0v) is 11.5. The zero-order chi connectivity index (χ0) is 13.9. The number of amides is 1. The van der Waals surface area contributed by atoms with Crippen LogP contribution in [-0.2, 0) is 16.1 Å². The topological polar surface area (TPSA) is 57.6 Å². The number of halogens is 2. The quantitative estimate of drug-likeness (QED) is 0.927. The highest BCUT2D eigenvalue weighted by Crippen LogP contribution is 2.23. The summed E-state index contributed by atoms with van der Waals surface area (Å²) in [7, 11) is 0. The van der Waals surface area contributed by atoms with Crippen LogP contribution in [0.4, 0.5) is 0 Å². The van der Waals surface area contributed by atoms with E-state index < -0.39 is 12.0 Å². The predicted octanol–water partition coefficient (Wildman–Crippen LogP) is 2.82. The molecule has 0 aromatic heterocycles. The van der Waals surface area contributed by atoms with E-state index in [1.807, 2.05) is 0 Å². The fraction of sp³-hybridized carbons (Fsp3) is 0.333. The first-order valence-corrected chi connectivity index (χ1v) is 6.02. The Morgan fingerprint density at radius 1 is 1.39 bits per heavy atom. The Hall–Kier alpha value is -1.26. The predicted molar refractivity (Wildman–Crippen MR) is 69.8 cm³/mol. The maximum absolute atomic E-state index is 11.5. The number of hydrogen-bond donors (Lipinski definition) is 1. The number of hydrogen-bond acceptors (Lipinski definition) is 2. The van der Waals surface area contributed by atoms with E-state index in [1.165, 1.54) is 18.7 Å². The van der Waals surface area contributed by atoms with E-state index in [-0.39, 0.29) is 12.5 Å². The first-order valence-electron chi connectivity index (χ1n) is 5.27. The lowest BCUT2D eigenvalue weighted by atomic mass is 10.1. The summed E-state index contributed by atoms with van der Waals surface area (Å²) in [5.74, 6) is -1.38. The molecule has 0 spiro atoms. The van der Waals surface area contributed by atoms with E-state index in [1.54, 1.807) is 18.2 Å². The molecule has 0 aliphatic carbocycles. The summed E-state index contributed by atoms with van der Waals surface area (Å²) < 4.78 is 0. The third-order valence-corrected chi connectivity index (χ3v) is 3.17. The van der Waals surface area contributed by atoms with Gasteiger partial charge in [0.25, 0.3) is 0 Å². The molecule has 1 N–H and O–H groups in total. The summed E-state index contributed by atoms with van der Waals surface area (Å²) in [6.07, 6.45) is 0. The van der Waals surface area contributed by atoms with Crippen LogP contribution in [0, 0.1) is 0 Å². The van der Waals surface area contributed by atoms with Crippen LogP contribution in [0.15, 0.2) is 18.2 Å². The molecule has 0 aliphatic rings. The van der Waals surface area contributed by atoms with Gasteiger partial charge in [-0.3, -0.25) is 4.79 Å². The van der Waals surface area contributed by atoms with Crippen LogP contribution in [-0.4, -0.2) is 27.9 Å². The number of benzene rings is 1. The number of carboxylic acid groups (broad SMARTS) is 1. The molecule has 1 aromatic carbocycles. The molecule has 0 saturated carbocycles. The SMILES string of the molecule is CC(=O)N(Cc1ccc(Cl)cc1Cl)C(C)C(=O)O. The van der Waals surface area contributed by atoms with Gasteiger partial charge in [0.1, 0.15) is 6.04 Å². The second-order valence-corrected chi connectivity index (χ2v) is 4.74. The summed E-state index contributed by atoms with van der Waals surface area (Å²) in [5.41, 5.74) is 0.657. The first-order chi connectivity index (χ1) is 8.32. The number of rotatable bonds is 4. The molecule has 6 heteroatoms. The van der Waals surface area contributed by atoms with Crippen molar-refractivity contribution in [1.82, 2.24) is 4.90 Å². The molecule has 0 heterocycles. The summed E-state index contributed by atoms with van der Waals surface area (Å²) in [5, 5.41) is 9.84. The third kappa shape index (κ3) is 3.62.